The number of rotatable bonds is 6. The van der Waals surface area contributed by atoms with E-state index >= 15 is 0 Å². The van der Waals surface area contributed by atoms with Gasteiger partial charge in [-0.1, -0.05) is 49.4 Å². The zero-order chi connectivity index (χ0) is 19.3. The predicted octanol–water partition coefficient (Wildman–Crippen LogP) is 1.72. The normalized spacial score (nSPS) is 16.3. The molecule has 1 fully saturated rings. The van der Waals surface area contributed by atoms with Gasteiger partial charge in [-0.2, -0.15) is 0 Å². The van der Waals surface area contributed by atoms with Gasteiger partial charge in [0.25, 0.3) is 0 Å². The maximum absolute atomic E-state index is 14.1. The highest BCUT2D eigenvalue weighted by Crippen LogP contribution is 2.19. The first-order valence-corrected chi connectivity index (χ1v) is 9.90. The van der Waals surface area contributed by atoms with E-state index in [1.807, 2.05) is 35.0 Å². The van der Waals surface area contributed by atoms with Crippen molar-refractivity contribution in [2.45, 2.75) is 25.9 Å². The first-order chi connectivity index (χ1) is 13.8. The van der Waals surface area contributed by atoms with Gasteiger partial charge in [-0.15, -0.1) is 5.10 Å². The lowest BCUT2D eigenvalue weighted by Crippen LogP contribution is -3.15. The molecule has 0 spiro atoms. The van der Waals surface area contributed by atoms with Crippen LogP contribution in [0.5, 0.6) is 0 Å². The van der Waals surface area contributed by atoms with E-state index in [0.29, 0.717) is 12.2 Å². The van der Waals surface area contributed by atoms with Gasteiger partial charge in [0.05, 0.1) is 38.4 Å². The summed E-state index contributed by atoms with van der Waals surface area (Å²) in [6.45, 7) is 6.38. The van der Waals surface area contributed by atoms with Gasteiger partial charge in [-0.3, -0.25) is 0 Å². The van der Waals surface area contributed by atoms with Crippen LogP contribution in [0.2, 0.25) is 0 Å². The Balaban J connectivity index is 1.46. The number of halogens is 1. The summed E-state index contributed by atoms with van der Waals surface area (Å²) in [4.78, 5) is 3.59. The van der Waals surface area contributed by atoms with Crippen LogP contribution in [0.25, 0.3) is 0 Å². The van der Waals surface area contributed by atoms with Gasteiger partial charge in [0.15, 0.2) is 0 Å². The van der Waals surface area contributed by atoms with Crippen molar-refractivity contribution in [2.75, 3.05) is 31.1 Å². The van der Waals surface area contributed by atoms with Crippen molar-refractivity contribution in [2.24, 2.45) is 0 Å². The molecule has 0 unspecified atom stereocenters. The summed E-state index contributed by atoms with van der Waals surface area (Å²) in [7, 11) is 0. The van der Waals surface area contributed by atoms with E-state index in [1.165, 1.54) is 16.5 Å². The molecule has 3 aromatic rings. The summed E-state index contributed by atoms with van der Waals surface area (Å²) in [6.07, 6.45) is 0.962. The lowest BCUT2D eigenvalue weighted by Gasteiger charge is -2.37. The Morgan fingerprint density at radius 2 is 1.75 bits per heavy atom. The zero-order valence-electron chi connectivity index (χ0n) is 16.1. The minimum atomic E-state index is -0.148. The molecule has 2 aromatic carbocycles. The first-order valence-electron chi connectivity index (χ1n) is 9.90. The number of hydrogen-bond acceptors (Lipinski definition) is 4. The molecule has 0 radical (unpaired) electrons. The molecule has 1 aromatic heterocycles. The fourth-order valence-corrected chi connectivity index (χ4v) is 4.08. The topological polar surface area (TPSA) is 51.3 Å². The molecule has 1 saturated heterocycles. The third-order valence-corrected chi connectivity index (χ3v) is 5.55. The zero-order valence-corrected chi connectivity index (χ0v) is 16.1. The molecule has 7 heteroatoms. The first kappa shape index (κ1) is 18.6. The molecule has 1 atom stereocenters. The van der Waals surface area contributed by atoms with Gasteiger partial charge in [-0.05, 0) is 28.1 Å². The maximum atomic E-state index is 14.1. The lowest BCUT2D eigenvalue weighted by atomic mass is 10.1. The summed E-state index contributed by atoms with van der Waals surface area (Å²) in [5, 5.41) is 12.5. The number of quaternary nitrogens is 1. The van der Waals surface area contributed by atoms with Crippen LogP contribution in [0.15, 0.2) is 54.6 Å². The Kier molecular flexibility index (Phi) is 5.62. The molecule has 0 bridgehead atoms. The number of benzene rings is 2. The molecule has 6 nitrogen and oxygen atoms in total. The van der Waals surface area contributed by atoms with E-state index in [1.54, 1.807) is 6.07 Å². The summed E-state index contributed by atoms with van der Waals surface area (Å²) in [6, 6.07) is 17.5. The van der Waals surface area contributed by atoms with Crippen LogP contribution in [0, 0.1) is 5.82 Å². The van der Waals surface area contributed by atoms with Crippen LogP contribution < -0.4 is 9.80 Å². The highest BCUT2D eigenvalue weighted by molar-refractivity contribution is 5.47. The Hall–Kier alpha value is -2.80. The lowest BCUT2D eigenvalue weighted by molar-refractivity contribution is -0.933. The van der Waals surface area contributed by atoms with Crippen molar-refractivity contribution < 1.29 is 9.29 Å². The number of para-hydroxylation sites is 1. The second kappa shape index (κ2) is 8.48. The van der Waals surface area contributed by atoms with E-state index in [-0.39, 0.29) is 11.9 Å². The second-order valence-electron chi connectivity index (χ2n) is 7.24. The fourth-order valence-electron chi connectivity index (χ4n) is 4.08. The van der Waals surface area contributed by atoms with Crippen molar-refractivity contribution in [1.82, 2.24) is 20.2 Å². The molecule has 0 aliphatic carbocycles. The average molecular weight is 381 g/mol. The monoisotopic (exact) mass is 381 g/mol. The van der Waals surface area contributed by atoms with Crippen LogP contribution in [-0.2, 0) is 6.54 Å². The number of hydrogen-bond donors (Lipinski definition) is 1. The van der Waals surface area contributed by atoms with Crippen molar-refractivity contribution in [1.29, 1.82) is 0 Å². The molecule has 28 heavy (non-hydrogen) atoms. The van der Waals surface area contributed by atoms with Crippen LogP contribution >= 0.6 is 0 Å². The Labute approximate surface area is 164 Å². The Morgan fingerprint density at radius 1 is 1.04 bits per heavy atom. The summed E-state index contributed by atoms with van der Waals surface area (Å²) in [5.41, 5.74) is 1.88. The van der Waals surface area contributed by atoms with Crippen LogP contribution in [0.3, 0.4) is 0 Å². The van der Waals surface area contributed by atoms with Crippen LogP contribution in [0.1, 0.15) is 30.8 Å². The van der Waals surface area contributed by atoms with Gasteiger partial charge < -0.3 is 9.80 Å². The molecule has 146 valence electrons. The second-order valence-corrected chi connectivity index (χ2v) is 7.24. The third kappa shape index (κ3) is 3.89. The van der Waals surface area contributed by atoms with Crippen LogP contribution in [-0.4, -0.2) is 46.4 Å². The molecule has 4 rings (SSSR count). The van der Waals surface area contributed by atoms with E-state index in [0.717, 1.165) is 38.4 Å². The van der Waals surface area contributed by atoms with E-state index in [2.05, 4.69) is 39.5 Å². The molecular weight excluding hydrogens is 355 g/mol. The summed E-state index contributed by atoms with van der Waals surface area (Å²) in [5.74, 6) is 0.783. The van der Waals surface area contributed by atoms with E-state index in [4.69, 9.17) is 0 Å². The molecule has 1 aliphatic rings. The van der Waals surface area contributed by atoms with Crippen molar-refractivity contribution in [3.05, 3.63) is 71.8 Å². The molecule has 0 saturated carbocycles. The number of nitrogens with one attached hydrogen (secondary N) is 1. The number of nitrogens with zero attached hydrogens (tertiary/aromatic N) is 5. The van der Waals surface area contributed by atoms with Crippen molar-refractivity contribution in [3.63, 3.8) is 0 Å². The Bertz CT molecular complexity index is 889. The predicted molar refractivity (Wildman–Crippen MR) is 106 cm³/mol. The van der Waals surface area contributed by atoms with Crippen molar-refractivity contribution >= 4 is 5.69 Å². The third-order valence-electron chi connectivity index (χ3n) is 5.55. The largest absolute Gasteiger partial charge is 0.358 e. The average Bonchev–Trinajstić information content (AvgIpc) is 3.18. The highest BCUT2D eigenvalue weighted by atomic mass is 19.1. The number of piperazine rings is 1. The van der Waals surface area contributed by atoms with E-state index in [9.17, 15) is 4.39 Å². The Morgan fingerprint density at radius 3 is 2.46 bits per heavy atom. The van der Waals surface area contributed by atoms with Gasteiger partial charge in [0.2, 0.25) is 5.82 Å². The number of tetrazole rings is 1. The molecule has 0 amide bonds. The molecular formula is C21H26FN6+. The maximum Gasteiger partial charge on any atom is 0.209 e. The van der Waals surface area contributed by atoms with Crippen molar-refractivity contribution in [3.8, 4) is 0 Å². The summed E-state index contributed by atoms with van der Waals surface area (Å²) >= 11 is 0. The van der Waals surface area contributed by atoms with Gasteiger partial charge in [0, 0.05) is 6.42 Å². The molecule has 1 N–H and O–H groups in total. The molecule has 2 heterocycles. The number of aromatic nitrogens is 4. The van der Waals surface area contributed by atoms with E-state index < -0.39 is 0 Å². The minimum absolute atomic E-state index is 0.148. The van der Waals surface area contributed by atoms with Crippen LogP contribution in [0.4, 0.5) is 10.1 Å². The molecule has 1 aliphatic heterocycles. The van der Waals surface area contributed by atoms with Gasteiger partial charge in [0.1, 0.15) is 11.9 Å². The quantitative estimate of drug-likeness (QED) is 0.706. The SMILES string of the molecule is CC[C@@H](c1nnnn1Cc1ccccc1)[NH+]1CCN(c2ccccc2F)CC1. The smallest absolute Gasteiger partial charge is 0.209 e. The van der Waals surface area contributed by atoms with Gasteiger partial charge in [-0.25, -0.2) is 9.07 Å². The number of anilines is 1. The fraction of sp³-hybridized carbons (Fsp3) is 0.381. The summed E-state index contributed by atoms with van der Waals surface area (Å²) < 4.78 is 16.0. The standard InChI is InChI=1S/C21H25FN6/c1-2-19(21-23-24-25-28(21)16-17-8-4-3-5-9-17)26-12-14-27(15-13-26)20-11-7-6-10-18(20)22/h3-11,19H,2,12-16H2,1H3/p+1/t19-/m0/s1. The van der Waals surface area contributed by atoms with Gasteiger partial charge >= 0.3 is 0 Å². The minimum Gasteiger partial charge on any atom is -0.358 e. The highest BCUT2D eigenvalue weighted by Gasteiger charge is 2.32.